The van der Waals surface area contributed by atoms with Crippen molar-refractivity contribution in [1.82, 2.24) is 0 Å². The Balaban J connectivity index is 2.92. The van der Waals surface area contributed by atoms with E-state index in [1.165, 1.54) is 0 Å². The van der Waals surface area contributed by atoms with Crippen molar-refractivity contribution in [3.05, 3.63) is 35.9 Å². The molecule has 0 aliphatic rings. The van der Waals surface area contributed by atoms with Crippen LogP contribution in [0.3, 0.4) is 0 Å². The van der Waals surface area contributed by atoms with Crippen molar-refractivity contribution in [1.29, 1.82) is 0 Å². The molecule has 0 spiro atoms. The number of rotatable bonds is 6. The number of hydrogen-bond acceptors (Lipinski definition) is 3. The van der Waals surface area contributed by atoms with Crippen LogP contribution in [0.15, 0.2) is 30.3 Å². The van der Waals surface area contributed by atoms with Crippen molar-refractivity contribution < 1.29 is 11.3 Å². The van der Waals surface area contributed by atoms with Gasteiger partial charge < -0.3 is 0 Å². The first-order valence-electron chi connectivity index (χ1n) is 6.26. The van der Waals surface area contributed by atoms with Crippen molar-refractivity contribution in [2.75, 3.05) is 19.8 Å². The average molecular weight is 309 g/mol. The van der Waals surface area contributed by atoms with Crippen LogP contribution in [0, 0.1) is 10.7 Å². The van der Waals surface area contributed by atoms with Gasteiger partial charge in [0.2, 0.25) is 0 Å². The molecule has 0 aliphatic carbocycles. The van der Waals surface area contributed by atoms with Crippen LogP contribution in [0.1, 0.15) is 26.3 Å². The SMILES string of the molecule is CC[O][Ge]([C]#Cc1ccccc1)([O]CC)[O]CC. The summed E-state index contributed by atoms with van der Waals surface area (Å²) < 4.78 is 20.2. The second-order valence-electron chi connectivity index (χ2n) is 3.47. The molecule has 1 aromatic carbocycles. The first-order chi connectivity index (χ1) is 8.76. The van der Waals surface area contributed by atoms with E-state index < -0.39 is 14.3 Å². The fourth-order valence-electron chi connectivity index (χ4n) is 1.47. The molecule has 1 rings (SSSR count). The molecular weight excluding hydrogens is 289 g/mol. The van der Waals surface area contributed by atoms with E-state index >= 15 is 0 Å². The van der Waals surface area contributed by atoms with Gasteiger partial charge in [-0.3, -0.25) is 0 Å². The number of benzene rings is 1. The topological polar surface area (TPSA) is 27.7 Å². The summed E-state index contributed by atoms with van der Waals surface area (Å²) in [6.45, 7) is 7.48. The Bertz CT molecular complexity index is 377. The molecule has 0 radical (unpaired) electrons. The molecule has 18 heavy (non-hydrogen) atoms. The summed E-state index contributed by atoms with van der Waals surface area (Å²) in [6.07, 6.45) is 0. The Kier molecular flexibility index (Phi) is 7.06. The second-order valence-corrected chi connectivity index (χ2v) is 8.15. The molecule has 0 fully saturated rings. The van der Waals surface area contributed by atoms with Crippen LogP contribution in [0.2, 0.25) is 0 Å². The van der Waals surface area contributed by atoms with E-state index in [-0.39, 0.29) is 0 Å². The van der Waals surface area contributed by atoms with E-state index in [1.54, 1.807) is 0 Å². The average Bonchev–Trinajstić information content (AvgIpc) is 2.39. The third-order valence-corrected chi connectivity index (χ3v) is 7.25. The molecule has 0 unspecified atom stereocenters. The summed E-state index contributed by atoms with van der Waals surface area (Å²) in [4.78, 5) is 0. The van der Waals surface area contributed by atoms with Gasteiger partial charge in [0.25, 0.3) is 0 Å². The van der Waals surface area contributed by atoms with E-state index in [1.807, 2.05) is 51.1 Å². The van der Waals surface area contributed by atoms with E-state index in [2.05, 4.69) is 10.7 Å². The van der Waals surface area contributed by atoms with Crippen LogP contribution in [-0.4, -0.2) is 34.1 Å². The van der Waals surface area contributed by atoms with Crippen molar-refractivity contribution in [3.8, 4) is 10.7 Å². The van der Waals surface area contributed by atoms with Crippen LogP contribution >= 0.6 is 0 Å². The van der Waals surface area contributed by atoms with E-state index in [0.717, 1.165) is 5.56 Å². The summed E-state index contributed by atoms with van der Waals surface area (Å²) in [5, 5.41) is 0. The van der Waals surface area contributed by atoms with Gasteiger partial charge in [0.1, 0.15) is 0 Å². The second kappa shape index (κ2) is 8.33. The molecule has 0 saturated carbocycles. The van der Waals surface area contributed by atoms with Gasteiger partial charge in [-0.2, -0.15) is 0 Å². The molecule has 0 N–H and O–H groups in total. The Morgan fingerprint density at radius 1 is 0.889 bits per heavy atom. The molecule has 4 heteroatoms. The number of hydrogen-bond donors (Lipinski definition) is 0. The van der Waals surface area contributed by atoms with E-state index in [0.29, 0.717) is 19.8 Å². The molecule has 0 bridgehead atoms. The van der Waals surface area contributed by atoms with Gasteiger partial charge in [-0.1, -0.05) is 0 Å². The van der Waals surface area contributed by atoms with Gasteiger partial charge >= 0.3 is 113 Å². The molecule has 98 valence electrons. The summed E-state index contributed by atoms with van der Waals surface area (Å²) >= 11 is -3.39. The van der Waals surface area contributed by atoms with Gasteiger partial charge in [-0.25, -0.2) is 0 Å². The maximum atomic E-state index is 5.70. The zero-order valence-corrected chi connectivity index (χ0v) is 13.3. The van der Waals surface area contributed by atoms with Crippen molar-refractivity contribution in [2.45, 2.75) is 20.8 Å². The van der Waals surface area contributed by atoms with Crippen LogP contribution in [-0.2, 0) is 11.3 Å². The van der Waals surface area contributed by atoms with E-state index in [9.17, 15) is 0 Å². The van der Waals surface area contributed by atoms with Crippen LogP contribution in [0.5, 0.6) is 0 Å². The first-order valence-corrected chi connectivity index (χ1v) is 9.88. The van der Waals surface area contributed by atoms with Crippen LogP contribution in [0.4, 0.5) is 0 Å². The Morgan fingerprint density at radius 2 is 1.39 bits per heavy atom. The monoisotopic (exact) mass is 310 g/mol. The van der Waals surface area contributed by atoms with Crippen LogP contribution < -0.4 is 0 Å². The predicted octanol–water partition coefficient (Wildman–Crippen LogP) is 2.63. The Morgan fingerprint density at radius 3 is 1.83 bits per heavy atom. The van der Waals surface area contributed by atoms with Crippen molar-refractivity contribution in [3.63, 3.8) is 0 Å². The zero-order chi connectivity index (χ0) is 13.3. The summed E-state index contributed by atoms with van der Waals surface area (Å²) in [5.74, 6) is 3.10. The van der Waals surface area contributed by atoms with Gasteiger partial charge in [0, 0.05) is 0 Å². The quantitative estimate of drug-likeness (QED) is 0.597. The fourth-order valence-corrected chi connectivity index (χ4v) is 5.47. The molecule has 0 heterocycles. The standard InChI is InChI=1S/C14H20GeO3/c1-4-16-15(17-5-2,18-6-3)13-12-14-10-8-7-9-11-14/h7-11H,4-6H2,1-3H3. The van der Waals surface area contributed by atoms with Crippen molar-refractivity contribution >= 4 is 14.3 Å². The molecule has 0 aliphatic heterocycles. The van der Waals surface area contributed by atoms with Crippen LogP contribution in [0.25, 0.3) is 0 Å². The zero-order valence-electron chi connectivity index (χ0n) is 11.2. The molecule has 0 amide bonds. The maximum absolute atomic E-state index is 5.70. The third kappa shape index (κ3) is 4.83. The summed E-state index contributed by atoms with van der Waals surface area (Å²) in [5.41, 5.74) is 0.951. The van der Waals surface area contributed by atoms with Gasteiger partial charge in [-0.15, -0.1) is 0 Å². The molecule has 0 aromatic heterocycles. The normalized spacial score (nSPS) is 10.8. The Labute approximate surface area is 113 Å². The van der Waals surface area contributed by atoms with Crippen molar-refractivity contribution in [2.24, 2.45) is 0 Å². The molecule has 3 nitrogen and oxygen atoms in total. The predicted molar refractivity (Wildman–Crippen MR) is 74.0 cm³/mol. The minimum absolute atomic E-state index is 0.559. The van der Waals surface area contributed by atoms with Gasteiger partial charge in [-0.05, 0) is 0 Å². The molecular formula is C14H20GeO3. The molecule has 0 atom stereocenters. The van der Waals surface area contributed by atoms with Gasteiger partial charge in [0.05, 0.1) is 0 Å². The van der Waals surface area contributed by atoms with E-state index in [4.69, 9.17) is 11.3 Å². The Hall–Kier alpha value is -0.797. The van der Waals surface area contributed by atoms with Gasteiger partial charge in [0.15, 0.2) is 0 Å². The summed E-state index contributed by atoms with van der Waals surface area (Å²) in [7, 11) is 0. The minimum atomic E-state index is -3.39. The fraction of sp³-hybridized carbons (Fsp3) is 0.429. The first kappa shape index (κ1) is 15.3. The third-order valence-electron chi connectivity index (χ3n) is 2.14. The summed E-state index contributed by atoms with van der Waals surface area (Å²) in [6, 6.07) is 9.81. The molecule has 1 aromatic rings. The molecule has 0 saturated heterocycles.